The zero-order chi connectivity index (χ0) is 8.43. The first-order valence-electron chi connectivity index (χ1n) is 2.84. The molecule has 0 amide bonds. The number of benzene rings is 1. The average molecular weight is 225 g/mol. The molecule has 0 aliphatic heterocycles. The predicted octanol–water partition coefficient (Wildman–Crippen LogP) is 3.53. The molecule has 0 saturated heterocycles. The Labute approximate surface area is 70.2 Å². The molecule has 0 radical (unpaired) electrons. The normalized spacial score (nSPS) is 10.6. The van der Waals surface area contributed by atoms with E-state index in [0.717, 1.165) is 6.07 Å². The van der Waals surface area contributed by atoms with Gasteiger partial charge in [0.1, 0.15) is 5.82 Å². The van der Waals surface area contributed by atoms with Gasteiger partial charge < -0.3 is 0 Å². The van der Waals surface area contributed by atoms with Crippen LogP contribution in [0.15, 0.2) is 22.7 Å². The molecule has 0 atom stereocenters. The van der Waals surface area contributed by atoms with Gasteiger partial charge in [-0.05, 0) is 28.1 Å². The van der Waals surface area contributed by atoms with Crippen LogP contribution in [0.3, 0.4) is 0 Å². The van der Waals surface area contributed by atoms with Crippen molar-refractivity contribution in [3.63, 3.8) is 0 Å². The second kappa shape index (κ2) is 3.26. The van der Waals surface area contributed by atoms with Gasteiger partial charge in [-0.1, -0.05) is 6.07 Å². The summed E-state index contributed by atoms with van der Waals surface area (Å²) >= 11 is 2.86. The van der Waals surface area contributed by atoms with Gasteiger partial charge in [-0.3, -0.25) is 0 Å². The zero-order valence-corrected chi connectivity index (χ0v) is 6.91. The Hall–Kier alpha value is -0.510. The van der Waals surface area contributed by atoms with E-state index in [1.165, 1.54) is 12.1 Å². The van der Waals surface area contributed by atoms with Crippen LogP contribution in [-0.4, -0.2) is 0 Å². The first-order valence-corrected chi connectivity index (χ1v) is 3.63. The molecule has 0 unspecified atom stereocenters. The van der Waals surface area contributed by atoms with Crippen molar-refractivity contribution in [3.8, 4) is 0 Å². The monoisotopic (exact) mass is 224 g/mol. The molecule has 11 heavy (non-hydrogen) atoms. The van der Waals surface area contributed by atoms with Crippen molar-refractivity contribution < 1.29 is 13.2 Å². The van der Waals surface area contributed by atoms with Crippen LogP contribution in [0, 0.1) is 5.82 Å². The predicted molar refractivity (Wildman–Crippen MR) is 39.1 cm³/mol. The summed E-state index contributed by atoms with van der Waals surface area (Å²) in [7, 11) is 0. The fourth-order valence-electron chi connectivity index (χ4n) is 0.648. The van der Waals surface area contributed by atoms with Crippen molar-refractivity contribution in [2.45, 2.75) is 6.43 Å². The van der Waals surface area contributed by atoms with Crippen LogP contribution in [0.4, 0.5) is 13.2 Å². The summed E-state index contributed by atoms with van der Waals surface area (Å²) in [4.78, 5) is 0. The minimum atomic E-state index is -2.61. The van der Waals surface area contributed by atoms with E-state index < -0.39 is 12.2 Å². The third-order valence-electron chi connectivity index (χ3n) is 1.20. The van der Waals surface area contributed by atoms with Crippen LogP contribution in [0.1, 0.15) is 12.0 Å². The van der Waals surface area contributed by atoms with Crippen molar-refractivity contribution in [3.05, 3.63) is 34.1 Å². The molecular weight excluding hydrogens is 221 g/mol. The molecule has 0 N–H and O–H groups in total. The Morgan fingerprint density at radius 2 is 1.91 bits per heavy atom. The quantitative estimate of drug-likeness (QED) is 0.685. The molecule has 0 fully saturated rings. The zero-order valence-electron chi connectivity index (χ0n) is 5.32. The van der Waals surface area contributed by atoms with Crippen molar-refractivity contribution in [1.29, 1.82) is 0 Å². The van der Waals surface area contributed by atoms with Gasteiger partial charge in [0.15, 0.2) is 0 Å². The Morgan fingerprint density at radius 3 is 2.36 bits per heavy atom. The lowest BCUT2D eigenvalue weighted by atomic mass is 10.2. The van der Waals surface area contributed by atoms with E-state index in [2.05, 4.69) is 15.9 Å². The molecule has 0 aliphatic rings. The highest BCUT2D eigenvalue weighted by Gasteiger charge is 2.08. The lowest BCUT2D eigenvalue weighted by Gasteiger charge is -1.99. The third kappa shape index (κ3) is 1.96. The van der Waals surface area contributed by atoms with Gasteiger partial charge in [-0.25, -0.2) is 13.2 Å². The molecule has 60 valence electrons. The molecule has 1 aromatic rings. The summed E-state index contributed by atoms with van der Waals surface area (Å²) in [5, 5.41) is 0. The summed E-state index contributed by atoms with van der Waals surface area (Å²) in [6.07, 6.45) is -2.61. The fraction of sp³-hybridized carbons (Fsp3) is 0.143. The van der Waals surface area contributed by atoms with E-state index in [4.69, 9.17) is 0 Å². The van der Waals surface area contributed by atoms with E-state index in [-0.39, 0.29) is 10.0 Å². The maximum atomic E-state index is 12.6. The van der Waals surface area contributed by atoms with Gasteiger partial charge in [0.25, 0.3) is 6.43 Å². The average Bonchev–Trinajstić information content (AvgIpc) is 1.94. The van der Waals surface area contributed by atoms with Crippen LogP contribution in [0.5, 0.6) is 0 Å². The summed E-state index contributed by atoms with van der Waals surface area (Å²) in [5.41, 5.74) is -0.300. The van der Waals surface area contributed by atoms with Gasteiger partial charge in [0.2, 0.25) is 0 Å². The first-order chi connectivity index (χ1) is 5.11. The number of halogens is 4. The third-order valence-corrected chi connectivity index (χ3v) is 1.84. The molecular formula is C7H4BrF3. The SMILES string of the molecule is Fc1cc(C(F)F)ccc1Br. The maximum absolute atomic E-state index is 12.6. The standard InChI is InChI=1S/C7H4BrF3/c8-5-2-1-4(7(10)11)3-6(5)9/h1-3,7H. The smallest absolute Gasteiger partial charge is 0.206 e. The number of hydrogen-bond acceptors (Lipinski definition) is 0. The molecule has 4 heteroatoms. The highest BCUT2D eigenvalue weighted by molar-refractivity contribution is 9.10. The van der Waals surface area contributed by atoms with E-state index in [1.54, 1.807) is 0 Å². The van der Waals surface area contributed by atoms with Crippen LogP contribution in [0.25, 0.3) is 0 Å². The largest absolute Gasteiger partial charge is 0.263 e. The minimum absolute atomic E-state index is 0.196. The van der Waals surface area contributed by atoms with Gasteiger partial charge in [0, 0.05) is 5.56 Å². The van der Waals surface area contributed by atoms with Crippen molar-refractivity contribution in [2.75, 3.05) is 0 Å². The highest BCUT2D eigenvalue weighted by Crippen LogP contribution is 2.23. The molecule has 0 nitrogen and oxygen atoms in total. The van der Waals surface area contributed by atoms with Gasteiger partial charge in [-0.15, -0.1) is 0 Å². The molecule has 1 aromatic carbocycles. The van der Waals surface area contributed by atoms with Gasteiger partial charge in [0.05, 0.1) is 4.47 Å². The van der Waals surface area contributed by atoms with Gasteiger partial charge >= 0.3 is 0 Å². The second-order valence-electron chi connectivity index (χ2n) is 1.97. The summed E-state index contributed by atoms with van der Waals surface area (Å²) in [5.74, 6) is -0.664. The van der Waals surface area contributed by atoms with E-state index in [9.17, 15) is 13.2 Å². The number of hydrogen-bond donors (Lipinski definition) is 0. The van der Waals surface area contributed by atoms with Gasteiger partial charge in [-0.2, -0.15) is 0 Å². The summed E-state index contributed by atoms with van der Waals surface area (Å²) in [6.45, 7) is 0. The molecule has 0 heterocycles. The number of rotatable bonds is 1. The van der Waals surface area contributed by atoms with Crippen LogP contribution < -0.4 is 0 Å². The lowest BCUT2D eigenvalue weighted by molar-refractivity contribution is 0.151. The minimum Gasteiger partial charge on any atom is -0.206 e. The topological polar surface area (TPSA) is 0 Å². The second-order valence-corrected chi connectivity index (χ2v) is 2.83. The molecule has 0 bridgehead atoms. The number of alkyl halides is 2. The Morgan fingerprint density at radius 1 is 1.27 bits per heavy atom. The van der Waals surface area contributed by atoms with Crippen molar-refractivity contribution in [1.82, 2.24) is 0 Å². The summed E-state index contributed by atoms with van der Waals surface area (Å²) < 4.78 is 36.5. The van der Waals surface area contributed by atoms with Crippen molar-refractivity contribution in [2.24, 2.45) is 0 Å². The van der Waals surface area contributed by atoms with E-state index in [0.29, 0.717) is 0 Å². The van der Waals surface area contributed by atoms with Crippen LogP contribution in [0.2, 0.25) is 0 Å². The van der Waals surface area contributed by atoms with Crippen LogP contribution >= 0.6 is 15.9 Å². The molecule has 0 aromatic heterocycles. The summed E-state index contributed by atoms with van der Waals surface area (Å²) in [6, 6.07) is 3.25. The van der Waals surface area contributed by atoms with E-state index >= 15 is 0 Å². The Bertz CT molecular complexity index is 260. The highest BCUT2D eigenvalue weighted by atomic mass is 79.9. The molecule has 1 rings (SSSR count). The first kappa shape index (κ1) is 8.59. The molecule has 0 saturated carbocycles. The lowest BCUT2D eigenvalue weighted by Crippen LogP contribution is -1.85. The Kier molecular flexibility index (Phi) is 2.54. The fourth-order valence-corrected chi connectivity index (χ4v) is 0.895. The maximum Gasteiger partial charge on any atom is 0.263 e. The van der Waals surface area contributed by atoms with Crippen molar-refractivity contribution >= 4 is 15.9 Å². The molecule has 0 spiro atoms. The molecule has 0 aliphatic carbocycles. The van der Waals surface area contributed by atoms with E-state index in [1.807, 2.05) is 0 Å². The van der Waals surface area contributed by atoms with Crippen LogP contribution in [-0.2, 0) is 0 Å². The Balaban J connectivity index is 3.05.